The van der Waals surface area contributed by atoms with Gasteiger partial charge in [-0.3, -0.25) is 4.98 Å². The normalized spacial score (nSPS) is 21.1. The highest BCUT2D eigenvalue weighted by molar-refractivity contribution is 8.08. The quantitative estimate of drug-likeness (QED) is 0.757. The number of anilines is 2. The molecule has 0 N–H and O–H groups in total. The molecule has 0 radical (unpaired) electrons. The summed E-state index contributed by atoms with van der Waals surface area (Å²) in [7, 11) is -3.15. The van der Waals surface area contributed by atoms with Crippen LogP contribution < -0.4 is 9.80 Å². The van der Waals surface area contributed by atoms with Gasteiger partial charge in [-0.05, 0) is 30.7 Å². The summed E-state index contributed by atoms with van der Waals surface area (Å²) < 4.78 is 25.2. The third kappa shape index (κ3) is 4.01. The number of aromatic nitrogens is 2. The predicted molar refractivity (Wildman–Crippen MR) is 115 cm³/mol. The van der Waals surface area contributed by atoms with E-state index in [1.807, 2.05) is 24.4 Å². The van der Waals surface area contributed by atoms with E-state index >= 15 is 0 Å². The number of hydrogen-bond acceptors (Lipinski definition) is 7. The molecule has 1 saturated heterocycles. The standard InChI is InChI=1S/C19H23N5O2S2/c1-15-12-23(28(2,25)26)9-10-24(15)17-5-8-21-19(11-17)22-13-18(27-14-22)16-3-6-20-7-4-16/h3-8,11,13,15H,9-10,12,14H2,1-2H3/t15-/m0/s1. The van der Waals surface area contributed by atoms with Crippen molar-refractivity contribution in [1.82, 2.24) is 14.3 Å². The van der Waals surface area contributed by atoms with Crippen LogP contribution in [0.15, 0.2) is 49.1 Å². The van der Waals surface area contributed by atoms with Gasteiger partial charge in [0.05, 0.1) is 12.1 Å². The lowest BCUT2D eigenvalue weighted by Crippen LogP contribution is -2.53. The molecule has 2 aliphatic heterocycles. The zero-order valence-corrected chi connectivity index (χ0v) is 17.5. The predicted octanol–water partition coefficient (Wildman–Crippen LogP) is 2.46. The Hall–Kier alpha value is -2.10. The van der Waals surface area contributed by atoms with Gasteiger partial charge >= 0.3 is 0 Å². The minimum absolute atomic E-state index is 0.106. The number of rotatable bonds is 4. The second-order valence-electron chi connectivity index (χ2n) is 7.01. The van der Waals surface area contributed by atoms with E-state index in [1.54, 1.807) is 28.5 Å². The van der Waals surface area contributed by atoms with Crippen LogP contribution in [0.2, 0.25) is 0 Å². The fourth-order valence-electron chi connectivity index (χ4n) is 3.51. The first-order valence-corrected chi connectivity index (χ1v) is 11.9. The third-order valence-electron chi connectivity index (χ3n) is 5.01. The minimum atomic E-state index is -3.15. The molecule has 1 fully saturated rings. The Morgan fingerprint density at radius 3 is 2.64 bits per heavy atom. The Labute approximate surface area is 170 Å². The van der Waals surface area contributed by atoms with Gasteiger partial charge in [0.2, 0.25) is 10.0 Å². The molecule has 0 bridgehead atoms. The largest absolute Gasteiger partial charge is 0.366 e. The van der Waals surface area contributed by atoms with Crippen LogP contribution in [0.4, 0.5) is 11.5 Å². The van der Waals surface area contributed by atoms with Gasteiger partial charge in [-0.1, -0.05) is 0 Å². The van der Waals surface area contributed by atoms with E-state index in [2.05, 4.69) is 39.0 Å². The van der Waals surface area contributed by atoms with Crippen molar-refractivity contribution in [3.05, 3.63) is 54.6 Å². The zero-order chi connectivity index (χ0) is 19.7. The van der Waals surface area contributed by atoms with Crippen LogP contribution in [-0.2, 0) is 10.0 Å². The zero-order valence-electron chi connectivity index (χ0n) is 15.9. The van der Waals surface area contributed by atoms with E-state index in [0.29, 0.717) is 19.6 Å². The first kappa shape index (κ1) is 19.2. The summed E-state index contributed by atoms with van der Waals surface area (Å²) in [4.78, 5) is 14.2. The molecular formula is C19H23N5O2S2. The summed E-state index contributed by atoms with van der Waals surface area (Å²) in [6, 6.07) is 8.20. The van der Waals surface area contributed by atoms with Crippen LogP contribution in [0.25, 0.3) is 4.91 Å². The van der Waals surface area contributed by atoms with Crippen LogP contribution in [0.1, 0.15) is 12.5 Å². The van der Waals surface area contributed by atoms with Crippen molar-refractivity contribution in [2.45, 2.75) is 13.0 Å². The highest BCUT2D eigenvalue weighted by atomic mass is 32.2. The third-order valence-corrected chi connectivity index (χ3v) is 7.34. The molecule has 0 aromatic carbocycles. The number of nitrogens with zero attached hydrogens (tertiary/aromatic N) is 5. The average molecular weight is 418 g/mol. The number of thioether (sulfide) groups is 1. The van der Waals surface area contributed by atoms with Gasteiger partial charge in [0.15, 0.2) is 0 Å². The smallest absolute Gasteiger partial charge is 0.211 e. The Kier molecular flexibility index (Phi) is 5.31. The number of sulfonamides is 1. The summed E-state index contributed by atoms with van der Waals surface area (Å²) in [5.74, 6) is 1.71. The van der Waals surface area contributed by atoms with Crippen LogP contribution in [-0.4, -0.2) is 60.5 Å². The fraction of sp³-hybridized carbons (Fsp3) is 0.368. The molecule has 1 atom stereocenters. The van der Waals surface area contributed by atoms with E-state index in [9.17, 15) is 8.42 Å². The highest BCUT2D eigenvalue weighted by Gasteiger charge is 2.29. The summed E-state index contributed by atoms with van der Waals surface area (Å²) in [6.07, 6.45) is 8.82. The minimum Gasteiger partial charge on any atom is -0.366 e. The number of hydrogen-bond donors (Lipinski definition) is 0. The van der Waals surface area contributed by atoms with Crippen molar-refractivity contribution in [3.63, 3.8) is 0 Å². The summed E-state index contributed by atoms with van der Waals surface area (Å²) >= 11 is 1.78. The average Bonchev–Trinajstić information content (AvgIpc) is 3.18. The second kappa shape index (κ2) is 7.73. The second-order valence-corrected chi connectivity index (χ2v) is 9.98. The lowest BCUT2D eigenvalue weighted by molar-refractivity contribution is 0.345. The van der Waals surface area contributed by atoms with E-state index in [0.717, 1.165) is 22.9 Å². The molecule has 2 aromatic rings. The molecular weight excluding hydrogens is 394 g/mol. The molecule has 0 unspecified atom stereocenters. The summed E-state index contributed by atoms with van der Waals surface area (Å²) in [6.45, 7) is 3.74. The van der Waals surface area contributed by atoms with Gasteiger partial charge in [0.25, 0.3) is 0 Å². The van der Waals surface area contributed by atoms with Crippen LogP contribution >= 0.6 is 11.8 Å². The Bertz CT molecular complexity index is 981. The molecule has 0 amide bonds. The molecule has 7 nitrogen and oxygen atoms in total. The molecule has 28 heavy (non-hydrogen) atoms. The van der Waals surface area contributed by atoms with Gasteiger partial charge in [0, 0.05) is 67.1 Å². The van der Waals surface area contributed by atoms with Crippen molar-refractivity contribution in [2.75, 3.05) is 41.6 Å². The van der Waals surface area contributed by atoms with Gasteiger partial charge in [0.1, 0.15) is 5.82 Å². The first-order chi connectivity index (χ1) is 13.4. The first-order valence-electron chi connectivity index (χ1n) is 9.11. The topological polar surface area (TPSA) is 69.6 Å². The van der Waals surface area contributed by atoms with Gasteiger partial charge in [-0.2, -0.15) is 4.31 Å². The molecule has 9 heteroatoms. The van der Waals surface area contributed by atoms with Crippen LogP contribution in [0, 0.1) is 0 Å². The van der Waals surface area contributed by atoms with E-state index in [4.69, 9.17) is 0 Å². The Morgan fingerprint density at radius 1 is 1.14 bits per heavy atom. The van der Waals surface area contributed by atoms with E-state index in [-0.39, 0.29) is 6.04 Å². The maximum Gasteiger partial charge on any atom is 0.211 e. The number of pyridine rings is 2. The maximum absolute atomic E-state index is 11.8. The molecule has 4 rings (SSSR count). The molecule has 148 valence electrons. The molecule has 0 spiro atoms. The van der Waals surface area contributed by atoms with Crippen molar-refractivity contribution < 1.29 is 8.42 Å². The van der Waals surface area contributed by atoms with E-state index < -0.39 is 10.0 Å². The summed E-state index contributed by atoms with van der Waals surface area (Å²) in [5.41, 5.74) is 2.23. The maximum atomic E-state index is 11.8. The van der Waals surface area contributed by atoms with E-state index in [1.165, 1.54) is 11.2 Å². The van der Waals surface area contributed by atoms with Crippen LogP contribution in [0.5, 0.6) is 0 Å². The monoisotopic (exact) mass is 417 g/mol. The highest BCUT2D eigenvalue weighted by Crippen LogP contribution is 2.36. The lowest BCUT2D eigenvalue weighted by atomic mass is 10.2. The molecule has 0 aliphatic carbocycles. The molecule has 2 aliphatic rings. The molecule has 4 heterocycles. The van der Waals surface area contributed by atoms with Crippen molar-refractivity contribution in [3.8, 4) is 0 Å². The SMILES string of the molecule is C[C@H]1CN(S(C)(=O)=O)CCN1c1ccnc(N2C=C(c3ccncc3)SC2)c1. The van der Waals surface area contributed by atoms with Crippen LogP contribution in [0.3, 0.4) is 0 Å². The van der Waals surface area contributed by atoms with Gasteiger partial charge in [-0.25, -0.2) is 13.4 Å². The van der Waals surface area contributed by atoms with Crippen molar-refractivity contribution >= 4 is 38.2 Å². The van der Waals surface area contributed by atoms with Gasteiger partial charge in [-0.15, -0.1) is 11.8 Å². The molecule has 0 saturated carbocycles. The van der Waals surface area contributed by atoms with Crippen molar-refractivity contribution in [1.29, 1.82) is 0 Å². The fourth-order valence-corrected chi connectivity index (χ4v) is 5.40. The van der Waals surface area contributed by atoms with Gasteiger partial charge < -0.3 is 9.80 Å². The number of piperazine rings is 1. The Balaban J connectivity index is 1.52. The van der Waals surface area contributed by atoms with Crippen molar-refractivity contribution in [2.24, 2.45) is 0 Å². The summed E-state index contributed by atoms with van der Waals surface area (Å²) in [5, 5.41) is 0. The Morgan fingerprint density at radius 2 is 1.93 bits per heavy atom. The lowest BCUT2D eigenvalue weighted by Gasteiger charge is -2.40. The molecule has 2 aromatic heterocycles.